The van der Waals surface area contributed by atoms with Crippen LogP contribution >= 0.6 is 0 Å². The van der Waals surface area contributed by atoms with Crippen LogP contribution < -0.4 is 10.7 Å². The van der Waals surface area contributed by atoms with E-state index in [2.05, 4.69) is 10.7 Å². The molecule has 256 valence electrons. The Labute approximate surface area is 266 Å². The maximum atomic E-state index is 13.9. The Kier molecular flexibility index (Phi) is 16.1. The minimum absolute atomic E-state index is 0.0808. The summed E-state index contributed by atoms with van der Waals surface area (Å²) in [6, 6.07) is -0.563. The van der Waals surface area contributed by atoms with Crippen molar-refractivity contribution in [2.75, 3.05) is 40.8 Å². The van der Waals surface area contributed by atoms with E-state index < -0.39 is 39.3 Å². The van der Waals surface area contributed by atoms with E-state index in [1.54, 1.807) is 12.1 Å². The van der Waals surface area contributed by atoms with E-state index in [1.807, 2.05) is 32.6 Å². The van der Waals surface area contributed by atoms with Crippen molar-refractivity contribution in [2.24, 2.45) is 23.7 Å². The summed E-state index contributed by atoms with van der Waals surface area (Å²) in [7, 11) is 0.980. The molecule has 0 aliphatic heterocycles. The maximum Gasteiger partial charge on any atom is 0.234 e. The summed E-state index contributed by atoms with van der Waals surface area (Å²) in [5.41, 5.74) is 2.81. The van der Waals surface area contributed by atoms with Crippen LogP contribution in [-0.2, 0) is 24.4 Å². The molecule has 0 aromatic carbocycles. The first kappa shape index (κ1) is 38.4. The lowest BCUT2D eigenvalue weighted by molar-refractivity contribution is -0.138. The van der Waals surface area contributed by atoms with Gasteiger partial charge in [0.2, 0.25) is 27.7 Å². The summed E-state index contributed by atoms with van der Waals surface area (Å²) < 4.78 is 27.8. The van der Waals surface area contributed by atoms with Crippen LogP contribution in [0.5, 0.6) is 0 Å². The molecule has 11 nitrogen and oxygen atoms in total. The van der Waals surface area contributed by atoms with Gasteiger partial charge >= 0.3 is 0 Å². The minimum atomic E-state index is -3.70. The zero-order chi connectivity index (χ0) is 33.0. The molecule has 2 aliphatic rings. The zero-order valence-corrected chi connectivity index (χ0v) is 29.2. The van der Waals surface area contributed by atoms with Crippen LogP contribution in [0.4, 0.5) is 0 Å². The van der Waals surface area contributed by atoms with Gasteiger partial charge in [-0.25, -0.2) is 17.7 Å². The summed E-state index contributed by atoms with van der Waals surface area (Å²) in [5, 5.41) is 15.2. The molecule has 5 atom stereocenters. The van der Waals surface area contributed by atoms with E-state index in [1.165, 1.54) is 24.8 Å². The fourth-order valence-electron chi connectivity index (χ4n) is 6.83. The number of rotatable bonds is 17. The number of nitrogens with one attached hydrogen (secondary N) is 2. The Balaban J connectivity index is 2.27. The normalized spacial score (nSPS) is 23.0. The fourth-order valence-corrected chi connectivity index (χ4v) is 8.38. The second-order valence-corrected chi connectivity index (χ2v) is 16.2. The Morgan fingerprint density at radius 3 is 2.05 bits per heavy atom. The highest BCUT2D eigenvalue weighted by Gasteiger charge is 2.44. The highest BCUT2D eigenvalue weighted by molar-refractivity contribution is 7.89. The van der Waals surface area contributed by atoms with Crippen molar-refractivity contribution >= 4 is 27.7 Å². The molecule has 2 fully saturated rings. The van der Waals surface area contributed by atoms with Gasteiger partial charge < -0.3 is 15.3 Å². The quantitative estimate of drug-likeness (QED) is 0.207. The molecule has 0 aromatic rings. The van der Waals surface area contributed by atoms with Gasteiger partial charge in [0, 0.05) is 59.0 Å². The van der Waals surface area contributed by atoms with E-state index in [9.17, 15) is 27.9 Å². The number of carbonyl (C=O) groups excluding carboxylic acids is 3. The van der Waals surface area contributed by atoms with Gasteiger partial charge in [-0.2, -0.15) is 0 Å². The highest BCUT2D eigenvalue weighted by atomic mass is 32.2. The average Bonchev–Trinajstić information content (AvgIpc) is 2.95. The summed E-state index contributed by atoms with van der Waals surface area (Å²) >= 11 is 0. The van der Waals surface area contributed by atoms with Gasteiger partial charge in [0.15, 0.2) is 0 Å². The van der Waals surface area contributed by atoms with Gasteiger partial charge in [-0.3, -0.25) is 19.8 Å². The van der Waals surface area contributed by atoms with Gasteiger partial charge in [0.05, 0.1) is 17.4 Å². The molecule has 5 unspecified atom stereocenters. The molecule has 3 amide bonds. The molecular formula is C32H61N5O6S. The van der Waals surface area contributed by atoms with Crippen molar-refractivity contribution in [1.82, 2.24) is 25.0 Å². The van der Waals surface area contributed by atoms with E-state index in [-0.39, 0.29) is 49.4 Å². The molecule has 2 aliphatic carbocycles. The number of likely N-dealkylation sites (N-methyl/N-ethyl adjacent to an activating group) is 1. The average molecular weight is 644 g/mol. The van der Waals surface area contributed by atoms with Gasteiger partial charge in [-0.05, 0) is 50.4 Å². The van der Waals surface area contributed by atoms with Crippen molar-refractivity contribution < 1.29 is 27.9 Å². The molecule has 0 heterocycles. The number of carbonyl (C=O) groups is 3. The largest absolute Gasteiger partial charge is 0.390 e. The Morgan fingerprint density at radius 1 is 0.909 bits per heavy atom. The summed E-state index contributed by atoms with van der Waals surface area (Å²) in [5.74, 6) is -1.20. The first-order valence-corrected chi connectivity index (χ1v) is 18.4. The van der Waals surface area contributed by atoms with E-state index in [0.717, 1.165) is 38.5 Å². The lowest BCUT2D eigenvalue weighted by Crippen LogP contribution is -2.54. The van der Waals surface area contributed by atoms with Gasteiger partial charge in [-0.1, -0.05) is 59.8 Å². The molecule has 0 spiro atoms. The van der Waals surface area contributed by atoms with Gasteiger partial charge in [-0.15, -0.1) is 0 Å². The number of hydrogen-bond acceptors (Lipinski definition) is 7. The van der Waals surface area contributed by atoms with Gasteiger partial charge in [0.25, 0.3) is 0 Å². The molecule has 2 saturated carbocycles. The molecule has 44 heavy (non-hydrogen) atoms. The second-order valence-electron chi connectivity index (χ2n) is 13.8. The van der Waals surface area contributed by atoms with Crippen LogP contribution in [-0.4, -0.2) is 104 Å². The van der Waals surface area contributed by atoms with Crippen molar-refractivity contribution in [3.05, 3.63) is 0 Å². The number of aliphatic hydroxyl groups is 1. The van der Waals surface area contributed by atoms with Crippen LogP contribution in [0.2, 0.25) is 0 Å². The SMILES string of the molecule is CCCN(CCC)C(=O)C1CC(C(=O)NC(CC2CCCCC2)C(O)CN(C)NC(=O)CC(C)C)CC(S(=O)(=O)N(C)C)C1. The monoisotopic (exact) mass is 643 g/mol. The summed E-state index contributed by atoms with van der Waals surface area (Å²) in [6.45, 7) is 9.28. The molecular weight excluding hydrogens is 582 g/mol. The second kappa shape index (κ2) is 18.4. The van der Waals surface area contributed by atoms with Crippen molar-refractivity contribution in [3.8, 4) is 0 Å². The third kappa shape index (κ3) is 11.9. The first-order chi connectivity index (χ1) is 20.7. The molecule has 0 aromatic heterocycles. The lowest BCUT2D eigenvalue weighted by atomic mass is 9.79. The number of aliphatic hydroxyl groups excluding tert-OH is 1. The fraction of sp³-hybridized carbons (Fsp3) is 0.906. The van der Waals surface area contributed by atoms with Crippen molar-refractivity contribution in [2.45, 2.75) is 122 Å². The standard InChI is InChI=1S/C32H61N5O6S/c1-8-15-37(16-9-2)32(41)26-19-25(20-27(21-26)44(42,43)35(5)6)31(40)33-28(18-24-13-11-10-12-14-24)29(38)22-36(7)34-30(39)17-23(3)4/h23-29,38H,8-22H2,1-7H3,(H,33,40)(H,34,39). The number of amides is 3. The van der Waals surface area contributed by atoms with Crippen molar-refractivity contribution in [1.29, 1.82) is 0 Å². The molecule has 12 heteroatoms. The molecule has 0 saturated heterocycles. The Morgan fingerprint density at radius 2 is 1.50 bits per heavy atom. The van der Waals surface area contributed by atoms with Crippen LogP contribution in [0.25, 0.3) is 0 Å². The van der Waals surface area contributed by atoms with Crippen LogP contribution in [0.3, 0.4) is 0 Å². The third-order valence-electron chi connectivity index (χ3n) is 9.09. The Hall–Kier alpha value is -1.76. The smallest absolute Gasteiger partial charge is 0.234 e. The van der Waals surface area contributed by atoms with E-state index in [0.29, 0.717) is 31.8 Å². The maximum absolute atomic E-state index is 13.9. The van der Waals surface area contributed by atoms with Crippen LogP contribution in [0, 0.1) is 23.7 Å². The van der Waals surface area contributed by atoms with E-state index in [4.69, 9.17) is 0 Å². The molecule has 0 radical (unpaired) electrons. The first-order valence-electron chi connectivity index (χ1n) is 16.9. The van der Waals surface area contributed by atoms with Crippen molar-refractivity contribution in [3.63, 3.8) is 0 Å². The number of nitrogens with zero attached hydrogens (tertiary/aromatic N) is 3. The van der Waals surface area contributed by atoms with Crippen LogP contribution in [0.15, 0.2) is 0 Å². The molecule has 3 N–H and O–H groups in total. The predicted molar refractivity (Wildman–Crippen MR) is 174 cm³/mol. The number of hydrogen-bond donors (Lipinski definition) is 3. The van der Waals surface area contributed by atoms with Gasteiger partial charge in [0.1, 0.15) is 0 Å². The predicted octanol–water partition coefficient (Wildman–Crippen LogP) is 3.14. The molecule has 0 bridgehead atoms. The van der Waals surface area contributed by atoms with E-state index >= 15 is 0 Å². The molecule has 2 rings (SSSR count). The minimum Gasteiger partial charge on any atom is -0.390 e. The number of hydrazine groups is 1. The number of sulfonamides is 1. The zero-order valence-electron chi connectivity index (χ0n) is 28.4. The summed E-state index contributed by atoms with van der Waals surface area (Å²) in [6.07, 6.45) is 7.74. The highest BCUT2D eigenvalue weighted by Crippen LogP contribution is 2.36. The topological polar surface area (TPSA) is 139 Å². The van der Waals surface area contributed by atoms with Crippen LogP contribution in [0.1, 0.15) is 105 Å². The Bertz CT molecular complexity index is 1010. The lowest BCUT2D eigenvalue weighted by Gasteiger charge is -2.38. The summed E-state index contributed by atoms with van der Waals surface area (Å²) in [4.78, 5) is 41.7. The third-order valence-corrected chi connectivity index (χ3v) is 11.3.